The van der Waals surface area contributed by atoms with E-state index in [1.807, 2.05) is 12.3 Å². The number of amides is 1. The third-order valence-corrected chi connectivity index (χ3v) is 5.09. The molecule has 1 aliphatic rings. The number of aromatic nitrogens is 2. The van der Waals surface area contributed by atoms with Crippen molar-refractivity contribution in [2.45, 2.75) is 65.0 Å². The molecule has 0 saturated carbocycles. The summed E-state index contributed by atoms with van der Waals surface area (Å²) in [5.74, 6) is 2.21. The van der Waals surface area contributed by atoms with Crippen molar-refractivity contribution >= 4 is 5.91 Å². The van der Waals surface area contributed by atoms with Gasteiger partial charge < -0.3 is 14.7 Å². The Balaban J connectivity index is 1.79. The Kier molecular flexibility index (Phi) is 5.23. The Bertz CT molecular complexity index is 769. The van der Waals surface area contributed by atoms with Crippen LogP contribution in [0.4, 0.5) is 0 Å². The summed E-state index contributed by atoms with van der Waals surface area (Å²) in [5.41, 5.74) is 6.32. The topological polar surface area (TPSA) is 77.3 Å². The minimum atomic E-state index is -0.511. The number of primary amides is 1. The zero-order chi connectivity index (χ0) is 18.9. The maximum Gasteiger partial charge on any atom is 0.284 e. The molecule has 2 aromatic rings. The van der Waals surface area contributed by atoms with Crippen molar-refractivity contribution in [1.82, 2.24) is 14.5 Å². The zero-order valence-electron chi connectivity index (χ0n) is 16.3. The molecular formula is C20H30N4O2. The van der Waals surface area contributed by atoms with Gasteiger partial charge in [-0.25, -0.2) is 4.98 Å². The van der Waals surface area contributed by atoms with Crippen LogP contribution >= 0.6 is 0 Å². The van der Waals surface area contributed by atoms with Crippen LogP contribution in [-0.4, -0.2) is 33.4 Å². The van der Waals surface area contributed by atoms with Crippen molar-refractivity contribution in [3.8, 4) is 0 Å². The summed E-state index contributed by atoms with van der Waals surface area (Å²) in [6.07, 6.45) is 6.26. The number of hydrogen-bond donors (Lipinski definition) is 1. The average Bonchev–Trinajstić information content (AvgIpc) is 3.21. The molecule has 1 unspecified atom stereocenters. The molecule has 1 saturated heterocycles. The molecular weight excluding hydrogens is 328 g/mol. The highest BCUT2D eigenvalue weighted by Crippen LogP contribution is 2.32. The van der Waals surface area contributed by atoms with Crippen molar-refractivity contribution in [2.75, 3.05) is 13.1 Å². The van der Waals surface area contributed by atoms with Gasteiger partial charge in [0.05, 0.1) is 0 Å². The Morgan fingerprint density at radius 1 is 1.42 bits per heavy atom. The van der Waals surface area contributed by atoms with Gasteiger partial charge in [0.2, 0.25) is 0 Å². The summed E-state index contributed by atoms with van der Waals surface area (Å²) in [5, 5.41) is 0. The van der Waals surface area contributed by atoms with E-state index in [1.54, 1.807) is 0 Å². The van der Waals surface area contributed by atoms with Gasteiger partial charge in [0.15, 0.2) is 5.76 Å². The first-order chi connectivity index (χ1) is 12.3. The lowest BCUT2D eigenvalue weighted by atomic mass is 9.90. The number of piperidine rings is 1. The second-order valence-corrected chi connectivity index (χ2v) is 8.22. The van der Waals surface area contributed by atoms with Crippen LogP contribution < -0.4 is 5.73 Å². The number of furan rings is 1. The highest BCUT2D eigenvalue weighted by atomic mass is 16.4. The molecule has 142 valence electrons. The van der Waals surface area contributed by atoms with Crippen molar-refractivity contribution in [3.05, 3.63) is 41.4 Å². The number of carbonyl (C=O) groups is 1. The SMILES string of the molecule is CCn1ccnc1C1CCCN(Cc2cc(C(N)=O)oc2C(C)(C)C)C1. The van der Waals surface area contributed by atoms with Gasteiger partial charge in [-0.1, -0.05) is 20.8 Å². The Hall–Kier alpha value is -2.08. The molecule has 0 radical (unpaired) electrons. The van der Waals surface area contributed by atoms with Crippen LogP contribution in [0, 0.1) is 0 Å². The van der Waals surface area contributed by atoms with Gasteiger partial charge in [0.1, 0.15) is 11.6 Å². The first kappa shape index (κ1) is 18.7. The van der Waals surface area contributed by atoms with E-state index in [0.717, 1.165) is 50.3 Å². The molecule has 6 nitrogen and oxygen atoms in total. The summed E-state index contributed by atoms with van der Waals surface area (Å²) < 4.78 is 8.03. The van der Waals surface area contributed by atoms with E-state index < -0.39 is 5.91 Å². The Morgan fingerprint density at radius 2 is 2.19 bits per heavy atom. The number of carbonyl (C=O) groups excluding carboxylic acids is 1. The number of hydrogen-bond acceptors (Lipinski definition) is 4. The first-order valence-electron chi connectivity index (χ1n) is 9.46. The summed E-state index contributed by atoms with van der Waals surface area (Å²) >= 11 is 0. The molecule has 3 rings (SSSR count). The number of nitrogens with two attached hydrogens (primary N) is 1. The Morgan fingerprint density at radius 3 is 2.85 bits per heavy atom. The molecule has 1 aliphatic heterocycles. The lowest BCUT2D eigenvalue weighted by Crippen LogP contribution is -2.35. The fourth-order valence-electron chi connectivity index (χ4n) is 3.90. The van der Waals surface area contributed by atoms with Gasteiger partial charge in [-0.3, -0.25) is 9.69 Å². The fourth-order valence-corrected chi connectivity index (χ4v) is 3.90. The molecule has 1 fully saturated rings. The van der Waals surface area contributed by atoms with Crippen LogP contribution in [-0.2, 0) is 18.5 Å². The average molecular weight is 358 g/mol. The Labute approximate surface area is 155 Å². The van der Waals surface area contributed by atoms with E-state index in [9.17, 15) is 4.79 Å². The van der Waals surface area contributed by atoms with E-state index in [2.05, 4.69) is 48.3 Å². The molecule has 0 bridgehead atoms. The molecule has 2 N–H and O–H groups in total. The van der Waals surface area contributed by atoms with Crippen molar-refractivity contribution in [3.63, 3.8) is 0 Å². The lowest BCUT2D eigenvalue weighted by molar-refractivity contribution is 0.0970. The van der Waals surface area contributed by atoms with Gasteiger partial charge in [0.25, 0.3) is 5.91 Å². The summed E-state index contributed by atoms with van der Waals surface area (Å²) in [6, 6.07) is 1.82. The van der Waals surface area contributed by atoms with E-state index in [4.69, 9.17) is 10.2 Å². The molecule has 26 heavy (non-hydrogen) atoms. The fraction of sp³-hybridized carbons (Fsp3) is 0.600. The zero-order valence-corrected chi connectivity index (χ0v) is 16.3. The van der Waals surface area contributed by atoms with Crippen LogP contribution in [0.25, 0.3) is 0 Å². The summed E-state index contributed by atoms with van der Waals surface area (Å²) in [4.78, 5) is 18.6. The smallest absolute Gasteiger partial charge is 0.284 e. The number of imidazole rings is 1. The van der Waals surface area contributed by atoms with Crippen LogP contribution in [0.3, 0.4) is 0 Å². The minimum Gasteiger partial charge on any atom is -0.455 e. The van der Waals surface area contributed by atoms with Crippen LogP contribution in [0.2, 0.25) is 0 Å². The van der Waals surface area contributed by atoms with Crippen LogP contribution in [0.5, 0.6) is 0 Å². The molecule has 6 heteroatoms. The molecule has 0 aromatic carbocycles. The molecule has 3 heterocycles. The quantitative estimate of drug-likeness (QED) is 0.890. The van der Waals surface area contributed by atoms with Gasteiger partial charge in [0, 0.05) is 48.9 Å². The van der Waals surface area contributed by atoms with Gasteiger partial charge in [-0.15, -0.1) is 0 Å². The third kappa shape index (κ3) is 3.85. The molecule has 1 amide bonds. The second kappa shape index (κ2) is 7.27. The van der Waals surface area contributed by atoms with E-state index in [-0.39, 0.29) is 11.2 Å². The van der Waals surface area contributed by atoms with Crippen molar-refractivity contribution in [1.29, 1.82) is 0 Å². The van der Waals surface area contributed by atoms with Crippen LogP contribution in [0.1, 0.15) is 74.2 Å². The predicted molar refractivity (Wildman–Crippen MR) is 101 cm³/mol. The van der Waals surface area contributed by atoms with E-state index in [0.29, 0.717) is 5.92 Å². The monoisotopic (exact) mass is 358 g/mol. The van der Waals surface area contributed by atoms with Gasteiger partial charge >= 0.3 is 0 Å². The minimum absolute atomic E-state index is 0.170. The maximum absolute atomic E-state index is 11.6. The summed E-state index contributed by atoms with van der Waals surface area (Å²) in [7, 11) is 0. The normalized spacial score (nSPS) is 19.0. The molecule has 2 aromatic heterocycles. The summed E-state index contributed by atoms with van der Waals surface area (Å²) in [6.45, 7) is 12.2. The number of rotatable bonds is 5. The highest BCUT2D eigenvalue weighted by molar-refractivity contribution is 5.90. The first-order valence-corrected chi connectivity index (χ1v) is 9.46. The number of nitrogens with zero attached hydrogens (tertiary/aromatic N) is 3. The number of likely N-dealkylation sites (tertiary alicyclic amines) is 1. The van der Waals surface area contributed by atoms with Crippen LogP contribution in [0.15, 0.2) is 22.9 Å². The second-order valence-electron chi connectivity index (χ2n) is 8.22. The molecule has 0 spiro atoms. The lowest BCUT2D eigenvalue weighted by Gasteiger charge is -2.33. The maximum atomic E-state index is 11.6. The van der Waals surface area contributed by atoms with Crippen molar-refractivity contribution in [2.24, 2.45) is 5.73 Å². The van der Waals surface area contributed by atoms with E-state index in [1.165, 1.54) is 5.82 Å². The third-order valence-electron chi connectivity index (χ3n) is 5.09. The van der Waals surface area contributed by atoms with Gasteiger partial charge in [-0.05, 0) is 32.4 Å². The largest absolute Gasteiger partial charge is 0.455 e. The van der Waals surface area contributed by atoms with Gasteiger partial charge in [-0.2, -0.15) is 0 Å². The molecule has 1 atom stereocenters. The number of aryl methyl sites for hydroxylation is 1. The predicted octanol–water partition coefficient (Wildman–Crippen LogP) is 3.27. The molecule has 0 aliphatic carbocycles. The van der Waals surface area contributed by atoms with Crippen molar-refractivity contribution < 1.29 is 9.21 Å². The standard InChI is InChI=1S/C20H30N4O2/c1-5-24-10-8-22-19(24)14-7-6-9-23(12-14)13-15-11-16(18(21)25)26-17(15)20(2,3)4/h8,10-11,14H,5-7,9,12-13H2,1-4H3,(H2,21,25). The van der Waals surface area contributed by atoms with E-state index >= 15 is 0 Å². The highest BCUT2D eigenvalue weighted by Gasteiger charge is 2.29.